The smallest absolute Gasteiger partial charge is 0.519 e. The number of rotatable bonds is 2. The molecule has 178 valence electrons. The van der Waals surface area contributed by atoms with Gasteiger partial charge in [-0.05, 0) is 78.8 Å². The molecule has 0 radical (unpaired) electrons. The Morgan fingerprint density at radius 3 is 1.53 bits per heavy atom. The third-order valence-electron chi connectivity index (χ3n) is 7.90. The van der Waals surface area contributed by atoms with E-state index in [0.717, 1.165) is 38.5 Å². The number of fused-ring (bicyclic) bond motifs is 5. The van der Waals surface area contributed by atoms with Gasteiger partial charge in [-0.25, -0.2) is 0 Å². The molecule has 0 unspecified atom stereocenters. The monoisotopic (exact) mass is 486 g/mol. The second-order valence-corrected chi connectivity index (χ2v) is 10.1. The Hall–Kier alpha value is -4.76. The van der Waals surface area contributed by atoms with Gasteiger partial charge >= 0.3 is 7.12 Å². The first-order valence-corrected chi connectivity index (χ1v) is 13.0. The highest BCUT2D eigenvalue weighted by Crippen LogP contribution is 2.42. The molecule has 0 spiro atoms. The fraction of sp³-hybridized carbons (Fsp3) is 0.0286. The summed E-state index contributed by atoms with van der Waals surface area (Å²) < 4.78 is 13.1. The van der Waals surface area contributed by atoms with Gasteiger partial charge in [0.15, 0.2) is 0 Å². The molecule has 0 N–H and O–H groups in total. The minimum Gasteiger partial charge on any atom is -0.519 e. The van der Waals surface area contributed by atoms with Crippen molar-refractivity contribution in [1.82, 2.24) is 0 Å². The zero-order valence-corrected chi connectivity index (χ0v) is 20.9. The maximum atomic E-state index is 6.53. The quantitative estimate of drug-likeness (QED) is 0.180. The second-order valence-electron chi connectivity index (χ2n) is 10.1. The van der Waals surface area contributed by atoms with Crippen LogP contribution < -0.4 is 14.8 Å². The van der Waals surface area contributed by atoms with Crippen LogP contribution in [0, 0.1) is 6.92 Å². The molecule has 0 bridgehead atoms. The van der Waals surface area contributed by atoms with Crippen molar-refractivity contribution in [2.24, 2.45) is 0 Å². The Balaban J connectivity index is 1.41. The van der Waals surface area contributed by atoms with Crippen LogP contribution in [0.2, 0.25) is 0 Å². The summed E-state index contributed by atoms with van der Waals surface area (Å²) in [5.74, 6) is 1.57. The van der Waals surface area contributed by atoms with E-state index in [4.69, 9.17) is 9.31 Å². The van der Waals surface area contributed by atoms with Crippen molar-refractivity contribution in [3.8, 4) is 22.6 Å². The van der Waals surface area contributed by atoms with Crippen molar-refractivity contribution in [2.75, 3.05) is 0 Å². The molecule has 0 atom stereocenters. The van der Waals surface area contributed by atoms with Crippen LogP contribution in [0.15, 0.2) is 121 Å². The van der Waals surface area contributed by atoms with E-state index in [1.807, 2.05) is 0 Å². The minimum absolute atomic E-state index is 0.527. The van der Waals surface area contributed by atoms with Crippen molar-refractivity contribution >= 4 is 55.7 Å². The summed E-state index contributed by atoms with van der Waals surface area (Å²) in [4.78, 5) is 0. The molecule has 1 heterocycles. The highest BCUT2D eigenvalue weighted by atomic mass is 16.6. The Morgan fingerprint density at radius 1 is 0.474 bits per heavy atom. The molecular formula is C35H23BO2. The summed E-state index contributed by atoms with van der Waals surface area (Å²) in [7, 11) is -0.527. The van der Waals surface area contributed by atoms with E-state index in [-0.39, 0.29) is 0 Å². The molecule has 0 fully saturated rings. The summed E-state index contributed by atoms with van der Waals surface area (Å²) in [6, 6.07) is 43.0. The molecule has 7 aromatic rings. The second kappa shape index (κ2) is 8.12. The Kier molecular flexibility index (Phi) is 4.56. The van der Waals surface area contributed by atoms with Crippen LogP contribution in [0.1, 0.15) is 5.56 Å². The van der Waals surface area contributed by atoms with Crippen molar-refractivity contribution in [2.45, 2.75) is 6.92 Å². The summed E-state index contributed by atoms with van der Waals surface area (Å²) in [5.41, 5.74) is 4.84. The topological polar surface area (TPSA) is 18.5 Å². The van der Waals surface area contributed by atoms with Crippen molar-refractivity contribution in [3.63, 3.8) is 0 Å². The van der Waals surface area contributed by atoms with Gasteiger partial charge in [-0.2, -0.15) is 0 Å². The number of benzene rings is 7. The maximum absolute atomic E-state index is 6.53. The molecule has 38 heavy (non-hydrogen) atoms. The lowest BCUT2D eigenvalue weighted by molar-refractivity contribution is 0.520. The van der Waals surface area contributed by atoms with Crippen molar-refractivity contribution < 1.29 is 9.31 Å². The van der Waals surface area contributed by atoms with Crippen molar-refractivity contribution in [1.29, 1.82) is 0 Å². The summed E-state index contributed by atoms with van der Waals surface area (Å²) in [5, 5.41) is 9.53. The molecule has 0 saturated heterocycles. The van der Waals surface area contributed by atoms with E-state index < -0.39 is 7.12 Å². The fourth-order valence-corrected chi connectivity index (χ4v) is 6.13. The molecule has 7 aromatic carbocycles. The Labute approximate surface area is 221 Å². The van der Waals surface area contributed by atoms with E-state index in [1.54, 1.807) is 0 Å². The van der Waals surface area contributed by atoms with E-state index in [1.165, 1.54) is 38.2 Å². The SMILES string of the molecule is Cc1ccc(-c2c3ccccc3c(B3Oc4cc5ccccc5cc4O3)c3ccccc23)c2ccccc12. The van der Waals surface area contributed by atoms with Crippen LogP contribution in [-0.4, -0.2) is 7.12 Å². The van der Waals surface area contributed by atoms with Crippen LogP contribution in [0.3, 0.4) is 0 Å². The molecule has 0 aromatic heterocycles. The number of hydrogen-bond acceptors (Lipinski definition) is 2. The van der Waals surface area contributed by atoms with Gasteiger partial charge in [-0.15, -0.1) is 0 Å². The van der Waals surface area contributed by atoms with Crippen LogP contribution in [0.4, 0.5) is 0 Å². The molecular weight excluding hydrogens is 463 g/mol. The third-order valence-corrected chi connectivity index (χ3v) is 7.90. The molecule has 1 aliphatic heterocycles. The standard InChI is InChI=1S/C35H23BO2/c1-22-18-19-29(26-13-5-4-12-25(22)26)34-27-14-6-8-16-30(27)35(31-17-9-7-15-28(31)34)36-37-32-20-23-10-2-3-11-24(23)21-33(32)38-36/h2-21H,1H3. The van der Waals surface area contributed by atoms with Gasteiger partial charge < -0.3 is 9.31 Å². The van der Waals surface area contributed by atoms with Gasteiger partial charge in [0.2, 0.25) is 0 Å². The Bertz CT molecular complexity index is 1960. The molecule has 2 nitrogen and oxygen atoms in total. The largest absolute Gasteiger partial charge is 0.634 e. The van der Waals surface area contributed by atoms with E-state index in [0.29, 0.717) is 0 Å². The first kappa shape index (κ1) is 21.3. The predicted molar refractivity (Wildman–Crippen MR) is 160 cm³/mol. The van der Waals surface area contributed by atoms with E-state index in [9.17, 15) is 0 Å². The summed E-state index contributed by atoms with van der Waals surface area (Å²) in [6.07, 6.45) is 0. The lowest BCUT2D eigenvalue weighted by atomic mass is 9.71. The highest BCUT2D eigenvalue weighted by Gasteiger charge is 2.38. The summed E-state index contributed by atoms with van der Waals surface area (Å²) in [6.45, 7) is 2.18. The average Bonchev–Trinajstić information content (AvgIpc) is 3.37. The number of hydrogen-bond donors (Lipinski definition) is 0. The lowest BCUT2D eigenvalue weighted by Crippen LogP contribution is -2.40. The normalized spacial score (nSPS) is 12.7. The molecule has 0 amide bonds. The first-order valence-electron chi connectivity index (χ1n) is 13.0. The first-order chi connectivity index (χ1) is 18.8. The van der Waals surface area contributed by atoms with Crippen LogP contribution >= 0.6 is 0 Å². The Morgan fingerprint density at radius 2 is 0.947 bits per heavy atom. The van der Waals surface area contributed by atoms with Gasteiger partial charge in [-0.1, -0.05) is 109 Å². The maximum Gasteiger partial charge on any atom is 0.634 e. The zero-order valence-electron chi connectivity index (χ0n) is 20.9. The molecule has 0 aliphatic carbocycles. The van der Waals surface area contributed by atoms with Gasteiger partial charge in [-0.3, -0.25) is 0 Å². The third kappa shape index (κ3) is 3.09. The van der Waals surface area contributed by atoms with E-state index in [2.05, 4.69) is 128 Å². The van der Waals surface area contributed by atoms with Gasteiger partial charge in [0.25, 0.3) is 0 Å². The van der Waals surface area contributed by atoms with Gasteiger partial charge in [0.05, 0.1) is 0 Å². The van der Waals surface area contributed by atoms with Crippen molar-refractivity contribution in [3.05, 3.63) is 127 Å². The molecule has 1 aliphatic rings. The van der Waals surface area contributed by atoms with Crippen LogP contribution in [-0.2, 0) is 0 Å². The molecule has 3 heteroatoms. The highest BCUT2D eigenvalue weighted by molar-refractivity contribution is 6.70. The predicted octanol–water partition coefficient (Wildman–Crippen LogP) is 8.44. The van der Waals surface area contributed by atoms with Gasteiger partial charge in [0.1, 0.15) is 11.5 Å². The lowest BCUT2D eigenvalue weighted by Gasteiger charge is -2.19. The average molecular weight is 486 g/mol. The van der Waals surface area contributed by atoms with Gasteiger partial charge in [0, 0.05) is 5.46 Å². The molecule has 0 saturated carbocycles. The minimum atomic E-state index is -0.527. The van der Waals surface area contributed by atoms with Crippen LogP contribution in [0.5, 0.6) is 11.5 Å². The van der Waals surface area contributed by atoms with Crippen LogP contribution in [0.25, 0.3) is 54.2 Å². The zero-order chi connectivity index (χ0) is 25.2. The van der Waals surface area contributed by atoms with E-state index >= 15 is 0 Å². The number of aryl methyl sites for hydroxylation is 1. The molecule has 8 rings (SSSR count). The fourth-order valence-electron chi connectivity index (χ4n) is 6.13. The summed E-state index contributed by atoms with van der Waals surface area (Å²) >= 11 is 0.